The molecule has 0 aromatic rings. The molecule has 0 radical (unpaired) electrons. The highest BCUT2D eigenvalue weighted by Crippen LogP contribution is 2.02. The molecule has 0 aliphatic carbocycles. The van der Waals surface area contributed by atoms with Gasteiger partial charge < -0.3 is 41.2 Å². The van der Waals surface area contributed by atoms with E-state index >= 15 is 0 Å². The molecule has 0 saturated carbocycles. The summed E-state index contributed by atoms with van der Waals surface area (Å²) in [6.45, 7) is -0.288. The van der Waals surface area contributed by atoms with Gasteiger partial charge in [0.15, 0.2) is 6.29 Å². The van der Waals surface area contributed by atoms with E-state index in [1.807, 2.05) is 0 Å². The van der Waals surface area contributed by atoms with Crippen molar-refractivity contribution in [3.63, 3.8) is 0 Å². The number of nitrogens with two attached hydrogens (primary N) is 1. The molecule has 8 nitrogen and oxygen atoms in total. The lowest BCUT2D eigenvalue weighted by molar-refractivity contribution is -0.136. The highest BCUT2D eigenvalue weighted by Gasteiger charge is 2.29. The van der Waals surface area contributed by atoms with Crippen molar-refractivity contribution in [1.82, 2.24) is 0 Å². The van der Waals surface area contributed by atoms with Gasteiger partial charge in [-0.05, 0) is 0 Å². The van der Waals surface area contributed by atoms with E-state index in [1.54, 1.807) is 0 Å². The van der Waals surface area contributed by atoms with E-state index in [0.717, 1.165) is 0 Å². The van der Waals surface area contributed by atoms with Crippen molar-refractivity contribution in [2.24, 2.45) is 5.73 Å². The maximum Gasteiger partial charge on any atom is 0.151 e. The van der Waals surface area contributed by atoms with E-state index in [4.69, 9.17) is 36.4 Å². The van der Waals surface area contributed by atoms with Gasteiger partial charge in [0.05, 0.1) is 13.2 Å². The fourth-order valence-electron chi connectivity index (χ4n) is 0.618. The molecule has 0 amide bonds. The summed E-state index contributed by atoms with van der Waals surface area (Å²) in [6.07, 6.45) is -6.84. The normalized spacial score (nSPS) is 17.7. The minimum Gasteiger partial charge on any atom is -0.395 e. The number of rotatable bonds is 6. The molecule has 0 bridgehead atoms. The third-order valence-electron chi connectivity index (χ3n) is 1.55. The zero-order valence-corrected chi connectivity index (χ0v) is 8.68. The molecule has 0 aromatic carbocycles. The smallest absolute Gasteiger partial charge is 0.151 e. The minimum absolute atomic E-state index is 0.0258. The van der Waals surface area contributed by atoms with Crippen molar-refractivity contribution >= 4 is 6.29 Å². The Morgan fingerprint density at radius 3 is 1.75 bits per heavy atom. The lowest BCUT2D eigenvalue weighted by Gasteiger charge is -2.22. The van der Waals surface area contributed by atoms with Crippen LogP contribution in [0.1, 0.15) is 0 Å². The van der Waals surface area contributed by atoms with Crippen LogP contribution >= 0.6 is 0 Å². The van der Waals surface area contributed by atoms with Gasteiger partial charge in [-0.25, -0.2) is 0 Å². The summed E-state index contributed by atoms with van der Waals surface area (Å²) < 4.78 is 0. The Bertz CT molecular complexity index is 166. The van der Waals surface area contributed by atoms with E-state index < -0.39 is 31.0 Å². The molecule has 0 spiro atoms. The number of carbonyl (C=O) groups is 1. The maximum absolute atomic E-state index is 9.90. The number of carbonyl (C=O) groups excluding carboxylic acids is 1. The summed E-state index contributed by atoms with van der Waals surface area (Å²) in [5.41, 5.74) is 4.78. The predicted molar refractivity (Wildman–Crippen MR) is 53.3 cm³/mol. The van der Waals surface area contributed by atoms with Crippen LogP contribution in [0, 0.1) is 0 Å². The maximum atomic E-state index is 9.90. The van der Waals surface area contributed by atoms with Gasteiger partial charge >= 0.3 is 0 Å². The van der Waals surface area contributed by atoms with E-state index in [0.29, 0.717) is 6.54 Å². The molecule has 16 heavy (non-hydrogen) atoms. The van der Waals surface area contributed by atoms with E-state index in [9.17, 15) is 4.79 Å². The van der Waals surface area contributed by atoms with Gasteiger partial charge in [-0.15, -0.1) is 0 Å². The van der Waals surface area contributed by atoms with Crippen molar-refractivity contribution in [2.75, 3.05) is 19.8 Å². The third kappa shape index (κ3) is 7.65. The summed E-state index contributed by atoms with van der Waals surface area (Å²) >= 11 is 0. The minimum atomic E-state index is -1.79. The molecule has 98 valence electrons. The molecular formula is C8H19NO7. The van der Waals surface area contributed by atoms with Gasteiger partial charge in [0.1, 0.15) is 24.4 Å². The van der Waals surface area contributed by atoms with Crippen LogP contribution in [0.2, 0.25) is 0 Å². The first-order valence-corrected chi connectivity index (χ1v) is 4.55. The Morgan fingerprint density at radius 1 is 1.06 bits per heavy atom. The molecule has 0 aromatic heterocycles. The standard InChI is InChI=1S/C6H12O6.C2H7NO/c7-1-3(9)5(11)6(12)4(10)2-8;3-1-2-4/h1,3-6,8-12H,2H2;4H,1-3H2. The predicted octanol–water partition coefficient (Wildman–Crippen LogP) is -4.44. The number of hydrogen-bond acceptors (Lipinski definition) is 8. The van der Waals surface area contributed by atoms with Gasteiger partial charge in [0.25, 0.3) is 0 Å². The number of aldehydes is 1. The lowest BCUT2D eigenvalue weighted by Crippen LogP contribution is -2.46. The van der Waals surface area contributed by atoms with Crippen LogP contribution in [0.15, 0.2) is 0 Å². The summed E-state index contributed by atoms with van der Waals surface area (Å²) in [5, 5.41) is 51.3. The molecule has 0 rings (SSSR count). The van der Waals surface area contributed by atoms with Gasteiger partial charge in [-0.2, -0.15) is 0 Å². The summed E-state index contributed by atoms with van der Waals surface area (Å²) in [6, 6.07) is 0. The fraction of sp³-hybridized carbons (Fsp3) is 0.875. The lowest BCUT2D eigenvalue weighted by atomic mass is 10.0. The molecule has 0 aliphatic heterocycles. The van der Waals surface area contributed by atoms with E-state index in [2.05, 4.69) is 0 Å². The Balaban J connectivity index is 0. The number of aliphatic hydroxyl groups is 6. The summed E-state index contributed by atoms with van der Waals surface area (Å²) in [4.78, 5) is 9.90. The molecule has 4 unspecified atom stereocenters. The average Bonchev–Trinajstić information content (AvgIpc) is 2.34. The zero-order chi connectivity index (χ0) is 13.1. The molecular weight excluding hydrogens is 222 g/mol. The first-order valence-electron chi connectivity index (χ1n) is 4.55. The fourth-order valence-corrected chi connectivity index (χ4v) is 0.618. The summed E-state index contributed by atoms with van der Waals surface area (Å²) in [5.74, 6) is 0. The average molecular weight is 241 g/mol. The first-order chi connectivity index (χ1) is 7.45. The molecule has 0 saturated heterocycles. The van der Waals surface area contributed by atoms with Crippen molar-refractivity contribution < 1.29 is 35.4 Å². The molecule has 8 N–H and O–H groups in total. The SMILES string of the molecule is NCCO.O=CC(O)C(O)C(O)C(O)CO. The van der Waals surface area contributed by atoms with Crippen LogP contribution in [-0.2, 0) is 4.79 Å². The zero-order valence-electron chi connectivity index (χ0n) is 8.68. The monoisotopic (exact) mass is 241 g/mol. The van der Waals surface area contributed by atoms with Crippen LogP contribution in [0.4, 0.5) is 0 Å². The van der Waals surface area contributed by atoms with Crippen LogP contribution in [0.25, 0.3) is 0 Å². The van der Waals surface area contributed by atoms with Crippen LogP contribution in [0.3, 0.4) is 0 Å². The molecule has 0 fully saturated rings. The van der Waals surface area contributed by atoms with Crippen molar-refractivity contribution in [3.8, 4) is 0 Å². The van der Waals surface area contributed by atoms with Gasteiger partial charge in [0, 0.05) is 6.54 Å². The second-order valence-corrected chi connectivity index (χ2v) is 2.87. The van der Waals surface area contributed by atoms with Crippen LogP contribution in [-0.4, -0.2) is 81.1 Å². The molecule has 0 aliphatic rings. The van der Waals surface area contributed by atoms with E-state index in [1.165, 1.54) is 0 Å². The Labute approximate surface area is 92.6 Å². The Hall–Kier alpha value is -0.610. The second-order valence-electron chi connectivity index (χ2n) is 2.87. The highest BCUT2D eigenvalue weighted by atomic mass is 16.4. The Morgan fingerprint density at radius 2 is 1.50 bits per heavy atom. The van der Waals surface area contributed by atoms with Gasteiger partial charge in [0.2, 0.25) is 0 Å². The number of aliphatic hydroxyl groups excluding tert-OH is 6. The van der Waals surface area contributed by atoms with Gasteiger partial charge in [-0.1, -0.05) is 0 Å². The quantitative estimate of drug-likeness (QED) is 0.229. The topological polar surface area (TPSA) is 164 Å². The first kappa shape index (κ1) is 17.8. The van der Waals surface area contributed by atoms with Crippen LogP contribution in [0.5, 0.6) is 0 Å². The number of hydrogen-bond donors (Lipinski definition) is 7. The van der Waals surface area contributed by atoms with Crippen LogP contribution < -0.4 is 5.73 Å². The molecule has 0 heterocycles. The van der Waals surface area contributed by atoms with Crippen molar-refractivity contribution in [1.29, 1.82) is 0 Å². The van der Waals surface area contributed by atoms with E-state index in [-0.39, 0.29) is 12.9 Å². The van der Waals surface area contributed by atoms with Crippen molar-refractivity contribution in [3.05, 3.63) is 0 Å². The van der Waals surface area contributed by atoms with Gasteiger partial charge in [-0.3, -0.25) is 0 Å². The molecule has 4 atom stereocenters. The van der Waals surface area contributed by atoms with Crippen molar-refractivity contribution in [2.45, 2.75) is 24.4 Å². The second kappa shape index (κ2) is 10.9. The Kier molecular flexibility index (Phi) is 12.1. The largest absolute Gasteiger partial charge is 0.395 e. The molecule has 8 heteroatoms. The highest BCUT2D eigenvalue weighted by molar-refractivity contribution is 5.56. The third-order valence-corrected chi connectivity index (χ3v) is 1.55. The summed E-state index contributed by atoms with van der Waals surface area (Å²) in [7, 11) is 0.